The van der Waals surface area contributed by atoms with E-state index in [-0.39, 0.29) is 18.9 Å². The average Bonchev–Trinajstić information content (AvgIpc) is 0.781. The average molecular weight is 1470 g/mol. The predicted molar refractivity (Wildman–Crippen MR) is 411 cm³/mol. The largest absolute Gasteiger partial charge is 0.394 e. The van der Waals surface area contributed by atoms with Crippen LogP contribution < -0.4 is 5.32 Å². The summed E-state index contributed by atoms with van der Waals surface area (Å²) >= 11 is 0. The minimum atomic E-state index is -1.98. The van der Waals surface area contributed by atoms with Gasteiger partial charge in [0.1, 0.15) is 73.2 Å². The van der Waals surface area contributed by atoms with Crippen molar-refractivity contribution in [3.05, 3.63) is 12.2 Å². The van der Waals surface area contributed by atoms with Gasteiger partial charge in [-0.05, 0) is 19.3 Å². The van der Waals surface area contributed by atoms with Crippen molar-refractivity contribution in [2.75, 3.05) is 26.4 Å². The summed E-state index contributed by atoms with van der Waals surface area (Å²) in [6.07, 6.45) is 52.2. The first-order valence-corrected chi connectivity index (χ1v) is 43.4. The van der Waals surface area contributed by atoms with E-state index in [0.29, 0.717) is 6.42 Å². The Hall–Kier alpha value is -1.47. The van der Waals surface area contributed by atoms with E-state index in [1.54, 1.807) is 6.08 Å². The number of ether oxygens (including phenoxy) is 6. The van der Waals surface area contributed by atoms with Gasteiger partial charge in [-0.3, -0.25) is 4.79 Å². The smallest absolute Gasteiger partial charge is 0.220 e. The molecule has 610 valence electrons. The fourth-order valence-corrected chi connectivity index (χ4v) is 15.1. The molecule has 12 N–H and O–H groups in total. The lowest BCUT2D eigenvalue weighted by Gasteiger charge is -2.48. The first kappa shape index (κ1) is 95.7. The Labute approximate surface area is 626 Å². The standard InChI is InChI=1S/C84H161NO18/c1-3-5-7-9-11-13-15-17-19-21-23-25-27-29-30-31-32-33-34-35-36-38-40-42-44-46-48-50-52-54-56-58-60-62-72(90)85-67(68(89)61-59-57-55-53-51-49-47-45-43-41-39-37-28-26-24-22-20-18-16-14-12-10-8-6-4-2)66-98-82-78(96)75(93)80(70(64-87)100-82)103-84-79(97)76(94)81(71(65-88)101-84)102-83-77(95)74(92)73(91)69(63-86)99-83/h59,61,67-71,73-84,86-89,91-97H,3-58,60,62-66H2,1-2H3,(H,85,90)/b61-59+. The zero-order valence-electron chi connectivity index (χ0n) is 65.6. The lowest BCUT2D eigenvalue weighted by molar-refractivity contribution is -0.379. The lowest BCUT2D eigenvalue weighted by atomic mass is 9.96. The number of carbonyl (C=O) groups is 1. The first-order valence-electron chi connectivity index (χ1n) is 43.4. The molecule has 0 aliphatic carbocycles. The molecule has 3 aliphatic rings. The Bertz CT molecular complexity index is 1910. The van der Waals surface area contributed by atoms with Crippen molar-refractivity contribution in [1.29, 1.82) is 0 Å². The summed E-state index contributed by atoms with van der Waals surface area (Å²) in [5, 5.41) is 121. The molecule has 0 aromatic rings. The van der Waals surface area contributed by atoms with Crippen LogP contribution in [0.15, 0.2) is 12.2 Å². The summed E-state index contributed by atoms with van der Waals surface area (Å²) in [4.78, 5) is 13.5. The zero-order valence-corrected chi connectivity index (χ0v) is 65.6. The van der Waals surface area contributed by atoms with Crippen molar-refractivity contribution in [2.24, 2.45) is 0 Å². The second-order valence-electron chi connectivity index (χ2n) is 31.4. The number of unbranched alkanes of at least 4 members (excludes halogenated alkanes) is 55. The van der Waals surface area contributed by atoms with Crippen LogP contribution in [0.25, 0.3) is 0 Å². The van der Waals surface area contributed by atoms with Gasteiger partial charge in [0.2, 0.25) is 5.91 Å². The van der Waals surface area contributed by atoms with Crippen LogP contribution >= 0.6 is 0 Å². The number of carbonyl (C=O) groups excluding carboxylic acids is 1. The van der Waals surface area contributed by atoms with Gasteiger partial charge >= 0.3 is 0 Å². The van der Waals surface area contributed by atoms with Crippen LogP contribution in [-0.2, 0) is 33.2 Å². The summed E-state index contributed by atoms with van der Waals surface area (Å²) in [5.74, 6) is -0.265. The van der Waals surface area contributed by atoms with Crippen LogP contribution in [0.4, 0.5) is 0 Å². The van der Waals surface area contributed by atoms with Gasteiger partial charge in [-0.25, -0.2) is 0 Å². The number of aliphatic hydroxyl groups excluding tert-OH is 11. The molecule has 17 unspecified atom stereocenters. The molecule has 0 radical (unpaired) electrons. The Balaban J connectivity index is 1.34. The molecule has 3 aliphatic heterocycles. The van der Waals surface area contributed by atoms with Crippen molar-refractivity contribution in [2.45, 2.75) is 491 Å². The van der Waals surface area contributed by atoms with Crippen LogP contribution in [0.5, 0.6) is 0 Å². The predicted octanol–water partition coefficient (Wildman–Crippen LogP) is 15.5. The molecule has 17 atom stereocenters. The molecular formula is C84H161NO18. The van der Waals surface area contributed by atoms with E-state index < -0.39 is 124 Å². The number of nitrogens with one attached hydrogen (secondary N) is 1. The Morgan fingerprint density at radius 1 is 0.340 bits per heavy atom. The Morgan fingerprint density at radius 2 is 0.602 bits per heavy atom. The zero-order chi connectivity index (χ0) is 74.6. The molecule has 19 heteroatoms. The Morgan fingerprint density at radius 3 is 0.913 bits per heavy atom. The maximum Gasteiger partial charge on any atom is 0.220 e. The van der Waals surface area contributed by atoms with E-state index in [1.807, 2.05) is 6.08 Å². The summed E-state index contributed by atoms with van der Waals surface area (Å²) in [6, 6.07) is -0.971. The minimum Gasteiger partial charge on any atom is -0.394 e. The molecule has 3 saturated heterocycles. The number of rotatable bonds is 71. The summed E-state index contributed by atoms with van der Waals surface area (Å²) in [6.45, 7) is 1.82. The van der Waals surface area contributed by atoms with Gasteiger partial charge in [0, 0.05) is 6.42 Å². The molecule has 19 nitrogen and oxygen atoms in total. The third kappa shape index (κ3) is 44.8. The molecule has 3 rings (SSSR count). The van der Waals surface area contributed by atoms with Crippen molar-refractivity contribution < 1.29 is 89.4 Å². The van der Waals surface area contributed by atoms with Crippen molar-refractivity contribution >= 4 is 5.91 Å². The minimum absolute atomic E-state index is 0.250. The Kier molecular flexibility index (Phi) is 60.7. The van der Waals surface area contributed by atoms with Crippen LogP contribution in [-0.4, -0.2) is 193 Å². The van der Waals surface area contributed by atoms with Gasteiger partial charge in [0.05, 0.1) is 38.6 Å². The highest BCUT2D eigenvalue weighted by Gasteiger charge is 2.54. The molecule has 0 spiro atoms. The molecule has 103 heavy (non-hydrogen) atoms. The van der Waals surface area contributed by atoms with Crippen molar-refractivity contribution in [1.82, 2.24) is 5.32 Å². The molecule has 1 amide bonds. The highest BCUT2D eigenvalue weighted by atomic mass is 16.8. The first-order chi connectivity index (χ1) is 50.3. The maximum atomic E-state index is 13.5. The highest BCUT2D eigenvalue weighted by Crippen LogP contribution is 2.34. The third-order valence-corrected chi connectivity index (χ3v) is 22.1. The number of hydrogen-bond acceptors (Lipinski definition) is 18. The van der Waals surface area contributed by atoms with Crippen LogP contribution in [0.1, 0.15) is 386 Å². The van der Waals surface area contributed by atoms with Gasteiger partial charge in [0.25, 0.3) is 0 Å². The molecule has 3 heterocycles. The molecular weight excluding hydrogens is 1310 g/mol. The van der Waals surface area contributed by atoms with Gasteiger partial charge in [0.15, 0.2) is 18.9 Å². The van der Waals surface area contributed by atoms with Gasteiger partial charge in [-0.2, -0.15) is 0 Å². The van der Waals surface area contributed by atoms with E-state index in [0.717, 1.165) is 44.9 Å². The third-order valence-electron chi connectivity index (χ3n) is 22.1. The SMILES string of the molecule is CCCCCCCCCCCCCCCCCCCCCCCCC/C=C/C(O)C(COC1OC(CO)C(OC2OC(CO)C(OC3OC(CO)C(O)C(O)C3O)C(O)C2O)C(O)C1O)NC(=O)CCCCCCCCCCCCCCCCCCCCCCCCCCCCCCCCCCC. The fourth-order valence-electron chi connectivity index (χ4n) is 15.1. The molecule has 0 saturated carbocycles. The maximum absolute atomic E-state index is 13.5. The van der Waals surface area contributed by atoms with Crippen molar-refractivity contribution in [3.8, 4) is 0 Å². The van der Waals surface area contributed by atoms with Crippen LogP contribution in [0.2, 0.25) is 0 Å². The molecule has 0 aromatic heterocycles. The molecule has 3 fully saturated rings. The van der Waals surface area contributed by atoms with E-state index in [1.165, 1.54) is 315 Å². The number of amides is 1. The van der Waals surface area contributed by atoms with E-state index in [4.69, 9.17) is 28.4 Å². The topological polar surface area (TPSA) is 307 Å². The summed E-state index contributed by atoms with van der Waals surface area (Å²) in [5.41, 5.74) is 0. The summed E-state index contributed by atoms with van der Waals surface area (Å²) < 4.78 is 34.5. The van der Waals surface area contributed by atoms with E-state index in [9.17, 15) is 61.0 Å². The second kappa shape index (κ2) is 65.3. The normalized spacial score (nSPS) is 26.0. The highest BCUT2D eigenvalue weighted by molar-refractivity contribution is 5.76. The quantitative estimate of drug-likeness (QED) is 0.0199. The second-order valence-corrected chi connectivity index (χ2v) is 31.4. The number of aliphatic hydroxyl groups is 11. The number of hydrogen-bond donors (Lipinski definition) is 12. The van der Waals surface area contributed by atoms with Crippen LogP contribution in [0.3, 0.4) is 0 Å². The van der Waals surface area contributed by atoms with Gasteiger partial charge in [-0.15, -0.1) is 0 Å². The van der Waals surface area contributed by atoms with Crippen LogP contribution in [0, 0.1) is 0 Å². The van der Waals surface area contributed by atoms with E-state index in [2.05, 4.69) is 19.2 Å². The van der Waals surface area contributed by atoms with E-state index >= 15 is 0 Å². The monoisotopic (exact) mass is 1470 g/mol. The molecule has 0 bridgehead atoms. The molecule has 0 aromatic carbocycles. The number of allylic oxidation sites excluding steroid dienone is 1. The fraction of sp³-hybridized carbons (Fsp3) is 0.964. The van der Waals surface area contributed by atoms with Gasteiger partial charge in [-0.1, -0.05) is 373 Å². The lowest BCUT2D eigenvalue weighted by Crippen LogP contribution is -2.66. The van der Waals surface area contributed by atoms with Gasteiger partial charge < -0.3 is 89.9 Å². The summed E-state index contributed by atoms with van der Waals surface area (Å²) in [7, 11) is 0. The van der Waals surface area contributed by atoms with Crippen molar-refractivity contribution in [3.63, 3.8) is 0 Å².